The Morgan fingerprint density at radius 1 is 1.37 bits per heavy atom. The maximum absolute atomic E-state index is 12.7. The molecule has 0 saturated carbocycles. The predicted octanol–water partition coefficient (Wildman–Crippen LogP) is 1.35. The number of thioether (sulfide) groups is 1. The van der Waals surface area contributed by atoms with Gasteiger partial charge in [0.1, 0.15) is 11.1 Å². The topological polar surface area (TPSA) is 112 Å². The number of fused-ring (bicyclic) bond motifs is 1. The number of aliphatic hydroxyl groups excluding tert-OH is 1. The zero-order valence-corrected chi connectivity index (χ0v) is 16.2. The fourth-order valence-electron chi connectivity index (χ4n) is 3.33. The molecule has 27 heavy (non-hydrogen) atoms. The third-order valence-electron chi connectivity index (χ3n) is 4.54. The number of carbonyl (C=O) groups is 3. The molecule has 1 amide bonds. The molecule has 3 rings (SSSR count). The summed E-state index contributed by atoms with van der Waals surface area (Å²) in [5.41, 5.74) is 0.109. The fourth-order valence-corrected chi connectivity index (χ4v) is 5.03. The van der Waals surface area contributed by atoms with Crippen LogP contribution >= 0.6 is 11.8 Å². The van der Waals surface area contributed by atoms with Gasteiger partial charge in [0.15, 0.2) is 0 Å². The fraction of sp³-hybridized carbons (Fsp3) is 0.706. The molecule has 10 heteroatoms. The van der Waals surface area contributed by atoms with E-state index in [-0.39, 0.29) is 29.7 Å². The quantitative estimate of drug-likeness (QED) is 0.400. The Labute approximate surface area is 160 Å². The van der Waals surface area contributed by atoms with E-state index in [1.807, 2.05) is 0 Å². The zero-order valence-electron chi connectivity index (χ0n) is 15.4. The molecule has 3 heterocycles. The Balaban J connectivity index is 1.76. The van der Waals surface area contributed by atoms with Crippen LogP contribution in [0.1, 0.15) is 33.6 Å². The SMILES string of the molecule is CCOC(=O)OC(C)OC(=O)C1=C([C@H]2CCCO2)S[C@@H]2[C@@H]([C@@H](C)O)C(=O)N12. The molecule has 0 aliphatic carbocycles. The largest absolute Gasteiger partial charge is 0.511 e. The lowest BCUT2D eigenvalue weighted by Crippen LogP contribution is -2.60. The van der Waals surface area contributed by atoms with Gasteiger partial charge < -0.3 is 24.1 Å². The van der Waals surface area contributed by atoms with Gasteiger partial charge in [-0.05, 0) is 26.7 Å². The van der Waals surface area contributed by atoms with E-state index in [4.69, 9.17) is 14.2 Å². The summed E-state index contributed by atoms with van der Waals surface area (Å²) < 4.78 is 20.4. The minimum absolute atomic E-state index is 0.109. The molecule has 0 radical (unpaired) electrons. The van der Waals surface area contributed by atoms with Crippen LogP contribution in [0.25, 0.3) is 0 Å². The van der Waals surface area contributed by atoms with E-state index in [1.165, 1.54) is 23.6 Å². The highest BCUT2D eigenvalue weighted by Gasteiger charge is 2.59. The molecule has 2 fully saturated rings. The summed E-state index contributed by atoms with van der Waals surface area (Å²) >= 11 is 1.35. The monoisotopic (exact) mass is 401 g/mol. The molecule has 0 aromatic heterocycles. The molecule has 1 N–H and O–H groups in total. The van der Waals surface area contributed by atoms with Crippen LogP contribution in [0.15, 0.2) is 10.6 Å². The van der Waals surface area contributed by atoms with E-state index in [0.717, 1.165) is 12.8 Å². The van der Waals surface area contributed by atoms with E-state index in [2.05, 4.69) is 4.74 Å². The molecule has 0 bridgehead atoms. The molecule has 1 unspecified atom stereocenters. The van der Waals surface area contributed by atoms with Crippen molar-refractivity contribution in [3.05, 3.63) is 10.6 Å². The van der Waals surface area contributed by atoms with Crippen molar-refractivity contribution in [2.45, 2.75) is 57.5 Å². The van der Waals surface area contributed by atoms with Crippen molar-refractivity contribution in [3.63, 3.8) is 0 Å². The molecule has 150 valence electrons. The first-order valence-electron chi connectivity index (χ1n) is 8.93. The number of aliphatic hydroxyl groups is 1. The molecule has 2 saturated heterocycles. The van der Waals surface area contributed by atoms with Crippen molar-refractivity contribution in [3.8, 4) is 0 Å². The Kier molecular flexibility index (Phi) is 5.97. The Bertz CT molecular complexity index is 657. The van der Waals surface area contributed by atoms with E-state index >= 15 is 0 Å². The highest BCUT2D eigenvalue weighted by molar-refractivity contribution is 8.04. The van der Waals surface area contributed by atoms with Crippen molar-refractivity contribution in [2.24, 2.45) is 5.92 Å². The van der Waals surface area contributed by atoms with Crippen molar-refractivity contribution >= 4 is 29.8 Å². The van der Waals surface area contributed by atoms with Gasteiger partial charge in [-0.3, -0.25) is 9.69 Å². The van der Waals surface area contributed by atoms with Crippen LogP contribution < -0.4 is 0 Å². The summed E-state index contributed by atoms with van der Waals surface area (Å²) in [4.78, 5) is 38.5. The third-order valence-corrected chi connectivity index (χ3v) is 5.99. The molecule has 3 aliphatic heterocycles. The maximum Gasteiger partial charge on any atom is 0.511 e. The van der Waals surface area contributed by atoms with Gasteiger partial charge in [-0.2, -0.15) is 0 Å². The number of hydrogen-bond donors (Lipinski definition) is 1. The van der Waals surface area contributed by atoms with Crippen LogP contribution in [-0.2, 0) is 28.5 Å². The zero-order chi connectivity index (χ0) is 19.7. The van der Waals surface area contributed by atoms with Crippen molar-refractivity contribution in [1.82, 2.24) is 4.90 Å². The second-order valence-electron chi connectivity index (χ2n) is 6.47. The molecule has 5 atom stereocenters. The lowest BCUT2D eigenvalue weighted by atomic mass is 9.92. The van der Waals surface area contributed by atoms with Crippen LogP contribution in [0.5, 0.6) is 0 Å². The lowest BCUT2D eigenvalue weighted by molar-refractivity contribution is -0.171. The number of β-lactam (4-membered cyclic amide) rings is 1. The van der Waals surface area contributed by atoms with Gasteiger partial charge in [0.25, 0.3) is 0 Å². The van der Waals surface area contributed by atoms with Gasteiger partial charge in [-0.15, -0.1) is 0 Å². The van der Waals surface area contributed by atoms with E-state index < -0.39 is 30.4 Å². The first kappa shape index (κ1) is 20.0. The molecular formula is C17H23NO8S. The van der Waals surface area contributed by atoms with Crippen LogP contribution in [0.4, 0.5) is 4.79 Å². The summed E-state index contributed by atoms with van der Waals surface area (Å²) in [6, 6.07) is 0. The number of carbonyl (C=O) groups excluding carboxylic acids is 3. The normalized spacial score (nSPS) is 29.1. The summed E-state index contributed by atoms with van der Waals surface area (Å²) in [7, 11) is 0. The van der Waals surface area contributed by atoms with Gasteiger partial charge in [-0.25, -0.2) is 9.59 Å². The molecule has 0 aromatic rings. The third kappa shape index (κ3) is 3.78. The average Bonchev–Trinajstić information content (AvgIpc) is 3.19. The minimum Gasteiger partial charge on any atom is -0.435 e. The standard InChI is InChI=1S/C17H23NO8S/c1-4-23-17(22)26-9(3)25-16(21)12-13(10-6-5-7-24-10)27-15-11(8(2)19)14(20)18(12)15/h8-11,15,19H,4-7H2,1-3H3/t8-,9?,10-,11+,15-/m1/s1. The number of rotatable bonds is 6. The van der Waals surface area contributed by atoms with Crippen molar-refractivity contribution in [2.75, 3.05) is 13.2 Å². The molecule has 0 aromatic carbocycles. The number of ether oxygens (including phenoxy) is 4. The van der Waals surface area contributed by atoms with Crippen LogP contribution in [-0.4, -0.2) is 65.1 Å². The van der Waals surface area contributed by atoms with E-state index in [9.17, 15) is 19.5 Å². The van der Waals surface area contributed by atoms with Gasteiger partial charge in [0, 0.05) is 18.4 Å². The summed E-state index contributed by atoms with van der Waals surface area (Å²) in [5, 5.41) is 9.50. The maximum atomic E-state index is 12.7. The number of amides is 1. The molecule has 9 nitrogen and oxygen atoms in total. The smallest absolute Gasteiger partial charge is 0.435 e. The van der Waals surface area contributed by atoms with Gasteiger partial charge in [0.2, 0.25) is 12.2 Å². The van der Waals surface area contributed by atoms with Crippen molar-refractivity contribution in [1.29, 1.82) is 0 Å². The predicted molar refractivity (Wildman–Crippen MR) is 93.1 cm³/mol. The van der Waals surface area contributed by atoms with E-state index in [0.29, 0.717) is 11.5 Å². The van der Waals surface area contributed by atoms with Crippen molar-refractivity contribution < 1.29 is 38.4 Å². The number of esters is 1. The highest BCUT2D eigenvalue weighted by Crippen LogP contribution is 2.52. The first-order valence-corrected chi connectivity index (χ1v) is 9.81. The lowest BCUT2D eigenvalue weighted by Gasteiger charge is -2.43. The Hall–Kier alpha value is -1.78. The Morgan fingerprint density at radius 2 is 2.11 bits per heavy atom. The average molecular weight is 401 g/mol. The second-order valence-corrected chi connectivity index (χ2v) is 7.63. The van der Waals surface area contributed by atoms with E-state index in [1.54, 1.807) is 13.8 Å². The van der Waals surface area contributed by atoms with Crippen LogP contribution in [0.2, 0.25) is 0 Å². The summed E-state index contributed by atoms with van der Waals surface area (Å²) in [5.74, 6) is -1.68. The van der Waals surface area contributed by atoms with Crippen LogP contribution in [0, 0.1) is 5.92 Å². The molecule has 3 aliphatic rings. The Morgan fingerprint density at radius 3 is 2.70 bits per heavy atom. The molecule has 0 spiro atoms. The van der Waals surface area contributed by atoms with Gasteiger partial charge in [-0.1, -0.05) is 11.8 Å². The first-order chi connectivity index (χ1) is 12.8. The minimum atomic E-state index is -1.18. The van der Waals surface area contributed by atoms with Gasteiger partial charge >= 0.3 is 12.1 Å². The molecular weight excluding hydrogens is 378 g/mol. The number of hydrogen-bond acceptors (Lipinski definition) is 9. The highest BCUT2D eigenvalue weighted by atomic mass is 32.2. The van der Waals surface area contributed by atoms with Crippen LogP contribution in [0.3, 0.4) is 0 Å². The number of nitrogens with zero attached hydrogens (tertiary/aromatic N) is 1. The van der Waals surface area contributed by atoms with Gasteiger partial charge in [0.05, 0.1) is 24.7 Å². The summed E-state index contributed by atoms with van der Waals surface area (Å²) in [6.45, 7) is 5.28. The second kappa shape index (κ2) is 8.07. The summed E-state index contributed by atoms with van der Waals surface area (Å²) in [6.07, 6.45) is -1.63.